The van der Waals surface area contributed by atoms with Crippen molar-refractivity contribution >= 4 is 52.3 Å². The van der Waals surface area contributed by atoms with Crippen molar-refractivity contribution in [1.29, 1.82) is 0 Å². The van der Waals surface area contributed by atoms with Crippen LogP contribution in [0.25, 0.3) is 0 Å². The zero-order valence-corrected chi connectivity index (χ0v) is 15.2. The van der Waals surface area contributed by atoms with Gasteiger partial charge in [0.25, 0.3) is 0 Å². The third-order valence-corrected chi connectivity index (χ3v) is 4.17. The van der Waals surface area contributed by atoms with E-state index in [0.29, 0.717) is 38.7 Å². The molecule has 26 heavy (non-hydrogen) atoms. The summed E-state index contributed by atoms with van der Waals surface area (Å²) in [4.78, 5) is 20.4. The Labute approximate surface area is 160 Å². The molecule has 0 radical (unpaired) electrons. The Hall–Kier alpha value is -2.83. The summed E-state index contributed by atoms with van der Waals surface area (Å²) >= 11 is 11.9. The number of carbonyl (C=O) groups is 1. The van der Waals surface area contributed by atoms with Gasteiger partial charge in [-0.05, 0) is 36.4 Å². The van der Waals surface area contributed by atoms with E-state index < -0.39 is 5.97 Å². The van der Waals surface area contributed by atoms with Crippen molar-refractivity contribution < 1.29 is 9.53 Å². The predicted molar refractivity (Wildman–Crippen MR) is 103 cm³/mol. The highest BCUT2D eigenvalue weighted by Gasteiger charge is 2.12. The minimum absolute atomic E-state index is 0.365. The molecule has 0 aliphatic carbocycles. The van der Waals surface area contributed by atoms with Gasteiger partial charge in [-0.1, -0.05) is 35.3 Å². The Bertz CT molecular complexity index is 950. The molecule has 0 aliphatic rings. The number of rotatable bonds is 5. The van der Waals surface area contributed by atoms with Crippen LogP contribution in [0.3, 0.4) is 0 Å². The van der Waals surface area contributed by atoms with Crippen molar-refractivity contribution in [3.63, 3.8) is 0 Å². The molecule has 0 unspecified atom stereocenters. The first kappa shape index (κ1) is 18.0. The van der Waals surface area contributed by atoms with E-state index in [0.717, 1.165) is 0 Å². The quantitative estimate of drug-likeness (QED) is 0.595. The van der Waals surface area contributed by atoms with E-state index in [2.05, 4.69) is 20.6 Å². The van der Waals surface area contributed by atoms with Crippen molar-refractivity contribution in [1.82, 2.24) is 9.97 Å². The first-order chi connectivity index (χ1) is 12.6. The molecule has 1 aromatic heterocycles. The zero-order valence-electron chi connectivity index (χ0n) is 13.7. The molecule has 3 aromatic rings. The highest BCUT2D eigenvalue weighted by Crippen LogP contribution is 2.27. The minimum atomic E-state index is -0.434. The SMILES string of the molecule is COC(=O)c1ccccc1Nc1ccnc(Nc2ccc(Cl)c(Cl)c2)n1. The number of nitrogens with zero attached hydrogens (tertiary/aromatic N) is 2. The fourth-order valence-electron chi connectivity index (χ4n) is 2.21. The summed E-state index contributed by atoms with van der Waals surface area (Å²) in [5, 5.41) is 7.04. The molecular weight excluding hydrogens is 375 g/mol. The van der Waals surface area contributed by atoms with Crippen molar-refractivity contribution in [2.24, 2.45) is 0 Å². The zero-order chi connectivity index (χ0) is 18.5. The molecule has 0 spiro atoms. The summed E-state index contributed by atoms with van der Waals surface area (Å²) in [7, 11) is 1.34. The number of anilines is 4. The van der Waals surface area contributed by atoms with Gasteiger partial charge in [-0.3, -0.25) is 0 Å². The molecule has 2 N–H and O–H groups in total. The lowest BCUT2D eigenvalue weighted by Crippen LogP contribution is -2.06. The first-order valence-electron chi connectivity index (χ1n) is 7.56. The van der Waals surface area contributed by atoms with E-state index in [-0.39, 0.29) is 0 Å². The van der Waals surface area contributed by atoms with Crippen LogP contribution in [0.1, 0.15) is 10.4 Å². The number of hydrogen-bond acceptors (Lipinski definition) is 6. The monoisotopic (exact) mass is 388 g/mol. The average molecular weight is 389 g/mol. The van der Waals surface area contributed by atoms with Gasteiger partial charge in [-0.15, -0.1) is 0 Å². The number of benzene rings is 2. The van der Waals surface area contributed by atoms with Gasteiger partial charge < -0.3 is 15.4 Å². The molecule has 0 amide bonds. The van der Waals surface area contributed by atoms with Gasteiger partial charge in [0.15, 0.2) is 0 Å². The standard InChI is InChI=1S/C18H14Cl2N4O2/c1-26-17(25)12-4-2-3-5-15(12)23-16-8-9-21-18(24-16)22-11-6-7-13(19)14(20)10-11/h2-10H,1H3,(H2,21,22,23,24). The number of carbonyl (C=O) groups excluding carboxylic acids is 1. The smallest absolute Gasteiger partial charge is 0.339 e. The molecule has 6 nitrogen and oxygen atoms in total. The molecule has 3 rings (SSSR count). The topological polar surface area (TPSA) is 76.1 Å². The number of esters is 1. The van der Waals surface area contributed by atoms with Crippen LogP contribution < -0.4 is 10.6 Å². The molecule has 0 saturated heterocycles. The Balaban J connectivity index is 1.82. The van der Waals surface area contributed by atoms with Crippen LogP contribution in [0.15, 0.2) is 54.7 Å². The molecule has 2 aromatic carbocycles. The van der Waals surface area contributed by atoms with Crippen LogP contribution >= 0.6 is 23.2 Å². The number of nitrogens with one attached hydrogen (secondary N) is 2. The van der Waals surface area contributed by atoms with Crippen LogP contribution in [-0.2, 0) is 4.74 Å². The summed E-state index contributed by atoms with van der Waals surface area (Å²) in [5.41, 5.74) is 1.69. The Morgan fingerprint density at radius 2 is 1.85 bits per heavy atom. The highest BCUT2D eigenvalue weighted by atomic mass is 35.5. The third-order valence-electron chi connectivity index (χ3n) is 3.43. The van der Waals surface area contributed by atoms with E-state index in [1.54, 1.807) is 48.7 Å². The fourth-order valence-corrected chi connectivity index (χ4v) is 2.51. The summed E-state index contributed by atoms with van der Waals surface area (Å²) in [6, 6.07) is 13.8. The van der Waals surface area contributed by atoms with Gasteiger partial charge in [0.2, 0.25) is 5.95 Å². The minimum Gasteiger partial charge on any atom is -0.465 e. The van der Waals surface area contributed by atoms with Crippen LogP contribution in [0.5, 0.6) is 0 Å². The van der Waals surface area contributed by atoms with Gasteiger partial charge in [0.05, 0.1) is 28.4 Å². The number of para-hydroxylation sites is 1. The maximum absolute atomic E-state index is 11.9. The molecule has 1 heterocycles. The van der Waals surface area contributed by atoms with Crippen molar-refractivity contribution in [3.8, 4) is 0 Å². The predicted octanol–water partition coefficient (Wildman–Crippen LogP) is 5.06. The summed E-state index contributed by atoms with van der Waals surface area (Å²) in [6.07, 6.45) is 1.59. The number of hydrogen-bond donors (Lipinski definition) is 2. The van der Waals surface area contributed by atoms with Gasteiger partial charge in [-0.2, -0.15) is 4.98 Å². The Morgan fingerprint density at radius 1 is 1.04 bits per heavy atom. The Morgan fingerprint density at radius 3 is 2.62 bits per heavy atom. The lowest BCUT2D eigenvalue weighted by atomic mass is 10.2. The van der Waals surface area contributed by atoms with Crippen molar-refractivity contribution in [2.45, 2.75) is 0 Å². The van der Waals surface area contributed by atoms with E-state index in [9.17, 15) is 4.79 Å². The molecule has 0 saturated carbocycles. The van der Waals surface area contributed by atoms with Gasteiger partial charge in [0.1, 0.15) is 5.82 Å². The largest absolute Gasteiger partial charge is 0.465 e. The second-order valence-corrected chi connectivity index (χ2v) is 6.00. The lowest BCUT2D eigenvalue weighted by molar-refractivity contribution is 0.0602. The average Bonchev–Trinajstić information content (AvgIpc) is 2.65. The number of aromatic nitrogens is 2. The molecule has 132 valence electrons. The summed E-state index contributed by atoms with van der Waals surface area (Å²) < 4.78 is 4.79. The second kappa shape index (κ2) is 8.03. The van der Waals surface area contributed by atoms with Crippen LogP contribution in [0.2, 0.25) is 10.0 Å². The first-order valence-corrected chi connectivity index (χ1v) is 8.32. The van der Waals surface area contributed by atoms with Crippen LogP contribution in [0, 0.1) is 0 Å². The Kier molecular flexibility index (Phi) is 5.55. The van der Waals surface area contributed by atoms with Crippen molar-refractivity contribution in [3.05, 3.63) is 70.3 Å². The fraction of sp³-hybridized carbons (Fsp3) is 0.0556. The number of methoxy groups -OCH3 is 1. The van der Waals surface area contributed by atoms with Crippen LogP contribution in [0.4, 0.5) is 23.1 Å². The van der Waals surface area contributed by atoms with E-state index in [4.69, 9.17) is 27.9 Å². The van der Waals surface area contributed by atoms with Crippen molar-refractivity contribution in [2.75, 3.05) is 17.7 Å². The second-order valence-electron chi connectivity index (χ2n) is 5.18. The molecule has 0 fully saturated rings. The third kappa shape index (κ3) is 4.22. The lowest BCUT2D eigenvalue weighted by Gasteiger charge is -2.11. The molecule has 0 aliphatic heterocycles. The number of ether oxygens (including phenoxy) is 1. The van der Waals surface area contributed by atoms with E-state index in [1.165, 1.54) is 7.11 Å². The van der Waals surface area contributed by atoms with Gasteiger partial charge >= 0.3 is 5.97 Å². The van der Waals surface area contributed by atoms with E-state index in [1.807, 2.05) is 6.07 Å². The molecule has 0 bridgehead atoms. The van der Waals surface area contributed by atoms with Gasteiger partial charge in [-0.25, -0.2) is 9.78 Å². The highest BCUT2D eigenvalue weighted by molar-refractivity contribution is 6.42. The maximum atomic E-state index is 11.9. The summed E-state index contributed by atoms with van der Waals surface area (Å²) in [6.45, 7) is 0. The maximum Gasteiger partial charge on any atom is 0.339 e. The normalized spacial score (nSPS) is 10.3. The molecule has 0 atom stereocenters. The van der Waals surface area contributed by atoms with Gasteiger partial charge in [0, 0.05) is 11.9 Å². The van der Waals surface area contributed by atoms with E-state index >= 15 is 0 Å². The molecular formula is C18H14Cl2N4O2. The summed E-state index contributed by atoms with van der Waals surface area (Å²) in [5.74, 6) is 0.444. The number of halogens is 2. The molecule has 8 heteroatoms. The van der Waals surface area contributed by atoms with Crippen LogP contribution in [-0.4, -0.2) is 23.0 Å².